The normalized spacial score (nSPS) is 12.2. The zero-order chi connectivity index (χ0) is 52.0. The molecule has 0 saturated heterocycles. The summed E-state index contributed by atoms with van der Waals surface area (Å²) >= 11 is 0. The summed E-state index contributed by atoms with van der Waals surface area (Å²) in [5, 5.41) is 0. The van der Waals surface area contributed by atoms with E-state index in [1.165, 1.54) is 141 Å². The summed E-state index contributed by atoms with van der Waals surface area (Å²) in [5.41, 5.74) is 0.980. The standard InChI is InChI=1S/C64H108O8/c1-9-13-17-21-25-29-33-37-43-67-55-49-53-57(63(71-47-41-51(5)6)61(55)69-45-39-35-31-27-23-19-15-11-3)60(66)54-50-56(68-44-38-34-30-26-22-18-14-10-2)62(70-46-40-36-32-28-24-20-16-12-4)64(58(54)59(53)65)72-48-42-52(7)8/h49-52H,9-48H2,1-8H3. The number of hydrogen-bond acceptors (Lipinski definition) is 8. The molecule has 0 radical (unpaired) electrons. The number of ketones is 2. The maximum Gasteiger partial charge on any atom is 0.204 e. The molecule has 1 aliphatic rings. The molecule has 0 aliphatic heterocycles. The number of fused-ring (bicyclic) bond motifs is 2. The zero-order valence-electron chi connectivity index (χ0n) is 47.9. The van der Waals surface area contributed by atoms with Gasteiger partial charge in [-0.15, -0.1) is 0 Å². The summed E-state index contributed by atoms with van der Waals surface area (Å²) in [7, 11) is 0. The Bertz CT molecular complexity index is 1610. The van der Waals surface area contributed by atoms with Gasteiger partial charge in [0.15, 0.2) is 34.6 Å². The molecule has 3 rings (SSSR count). The van der Waals surface area contributed by atoms with Gasteiger partial charge in [0.2, 0.25) is 11.5 Å². The van der Waals surface area contributed by atoms with Crippen molar-refractivity contribution in [2.75, 3.05) is 39.6 Å². The van der Waals surface area contributed by atoms with E-state index in [0.717, 1.165) is 77.0 Å². The van der Waals surface area contributed by atoms with Crippen molar-refractivity contribution < 1.29 is 38.0 Å². The van der Waals surface area contributed by atoms with E-state index < -0.39 is 0 Å². The number of hydrogen-bond donors (Lipinski definition) is 0. The third-order valence-corrected chi connectivity index (χ3v) is 14.2. The van der Waals surface area contributed by atoms with Crippen LogP contribution >= 0.6 is 0 Å². The van der Waals surface area contributed by atoms with E-state index in [4.69, 9.17) is 28.4 Å². The Morgan fingerprint density at radius 1 is 0.306 bits per heavy atom. The van der Waals surface area contributed by atoms with Crippen molar-refractivity contribution in [3.8, 4) is 34.5 Å². The molecule has 1 aliphatic carbocycles. The van der Waals surface area contributed by atoms with Crippen LogP contribution in [0.2, 0.25) is 0 Å². The van der Waals surface area contributed by atoms with Gasteiger partial charge in [-0.2, -0.15) is 0 Å². The fourth-order valence-electron chi connectivity index (χ4n) is 9.52. The highest BCUT2D eigenvalue weighted by molar-refractivity contribution is 6.31. The van der Waals surface area contributed by atoms with Crippen LogP contribution in [-0.4, -0.2) is 51.2 Å². The van der Waals surface area contributed by atoms with E-state index in [1.54, 1.807) is 12.1 Å². The summed E-state index contributed by atoms with van der Waals surface area (Å²) in [4.78, 5) is 30.9. The highest BCUT2D eigenvalue weighted by Crippen LogP contribution is 2.51. The Kier molecular flexibility index (Phi) is 34.9. The maximum atomic E-state index is 15.5. The second-order valence-electron chi connectivity index (χ2n) is 21.9. The van der Waals surface area contributed by atoms with Crippen molar-refractivity contribution in [2.24, 2.45) is 11.8 Å². The van der Waals surface area contributed by atoms with Crippen molar-refractivity contribution in [2.45, 2.75) is 274 Å². The van der Waals surface area contributed by atoms with Crippen molar-refractivity contribution in [1.29, 1.82) is 0 Å². The largest absolute Gasteiger partial charge is 0.490 e. The maximum absolute atomic E-state index is 15.5. The van der Waals surface area contributed by atoms with Crippen LogP contribution in [0.15, 0.2) is 12.1 Å². The van der Waals surface area contributed by atoms with Gasteiger partial charge in [0.1, 0.15) is 0 Å². The van der Waals surface area contributed by atoms with E-state index in [0.29, 0.717) is 86.0 Å². The second-order valence-corrected chi connectivity index (χ2v) is 21.9. The van der Waals surface area contributed by atoms with E-state index in [2.05, 4.69) is 55.4 Å². The van der Waals surface area contributed by atoms with Crippen LogP contribution < -0.4 is 28.4 Å². The molecule has 2 aromatic carbocycles. The smallest absolute Gasteiger partial charge is 0.204 e. The summed E-state index contributed by atoms with van der Waals surface area (Å²) < 4.78 is 40.1. The van der Waals surface area contributed by atoms with Gasteiger partial charge in [-0.3, -0.25) is 9.59 Å². The van der Waals surface area contributed by atoms with Gasteiger partial charge < -0.3 is 28.4 Å². The summed E-state index contributed by atoms with van der Waals surface area (Å²) in [6.45, 7) is 20.3. The zero-order valence-corrected chi connectivity index (χ0v) is 47.9. The second kappa shape index (κ2) is 40.0. The minimum atomic E-state index is -0.300. The van der Waals surface area contributed by atoms with Gasteiger partial charge in [-0.05, 0) is 62.5 Å². The minimum absolute atomic E-state index is 0.233. The third kappa shape index (κ3) is 24.3. The Labute approximate surface area is 441 Å². The lowest BCUT2D eigenvalue weighted by molar-refractivity contribution is 0.0968. The Morgan fingerprint density at radius 3 is 0.806 bits per heavy atom. The van der Waals surface area contributed by atoms with Gasteiger partial charge >= 0.3 is 0 Å². The third-order valence-electron chi connectivity index (χ3n) is 14.2. The number of unbranched alkanes of at least 4 members (excludes halogenated alkanes) is 28. The number of rotatable bonds is 48. The molecule has 0 amide bonds. The molecule has 8 nitrogen and oxygen atoms in total. The Hall–Kier alpha value is -3.42. The topological polar surface area (TPSA) is 89.5 Å². The van der Waals surface area contributed by atoms with E-state index >= 15 is 9.59 Å². The predicted octanol–water partition coefficient (Wildman–Crippen LogP) is 19.4. The molecule has 0 bridgehead atoms. The first-order valence-electron chi connectivity index (χ1n) is 30.5. The van der Waals surface area contributed by atoms with Gasteiger partial charge in [0, 0.05) is 11.1 Å². The average molecular weight is 1010 g/mol. The van der Waals surface area contributed by atoms with E-state index in [1.807, 2.05) is 0 Å². The molecule has 0 spiro atoms. The van der Waals surface area contributed by atoms with E-state index in [9.17, 15) is 0 Å². The molecule has 0 saturated carbocycles. The quantitative estimate of drug-likeness (QED) is 0.0517. The number of benzene rings is 2. The molecule has 0 unspecified atom stereocenters. The highest BCUT2D eigenvalue weighted by Gasteiger charge is 2.41. The Morgan fingerprint density at radius 2 is 0.542 bits per heavy atom. The average Bonchev–Trinajstić information content (AvgIpc) is 3.36. The Balaban J connectivity index is 2.10. The minimum Gasteiger partial charge on any atom is -0.490 e. The monoisotopic (exact) mass is 1000 g/mol. The van der Waals surface area contributed by atoms with Gasteiger partial charge in [0.25, 0.3) is 0 Å². The molecule has 412 valence electrons. The number of carbonyl (C=O) groups excluding carboxylic acids is 2. The lowest BCUT2D eigenvalue weighted by Crippen LogP contribution is -2.25. The fourth-order valence-corrected chi connectivity index (χ4v) is 9.52. The van der Waals surface area contributed by atoms with Crippen molar-refractivity contribution in [3.05, 3.63) is 34.4 Å². The summed E-state index contributed by atoms with van der Waals surface area (Å²) in [5.74, 6) is 2.52. The summed E-state index contributed by atoms with van der Waals surface area (Å²) in [6.07, 6.45) is 39.3. The van der Waals surface area contributed by atoms with Crippen molar-refractivity contribution >= 4 is 11.6 Å². The van der Waals surface area contributed by atoms with Crippen molar-refractivity contribution in [1.82, 2.24) is 0 Å². The molecule has 2 aromatic rings. The van der Waals surface area contributed by atoms with E-state index in [-0.39, 0.29) is 33.8 Å². The van der Waals surface area contributed by atoms with Gasteiger partial charge in [0.05, 0.1) is 50.8 Å². The molecule has 0 fully saturated rings. The molecular weight excluding hydrogens is 897 g/mol. The molecule has 0 heterocycles. The molecule has 0 aromatic heterocycles. The van der Waals surface area contributed by atoms with Crippen molar-refractivity contribution in [3.63, 3.8) is 0 Å². The predicted molar refractivity (Wildman–Crippen MR) is 302 cm³/mol. The van der Waals surface area contributed by atoms with Gasteiger partial charge in [-0.25, -0.2) is 0 Å². The SMILES string of the molecule is CCCCCCCCCCOc1cc2c(c(OCCC(C)C)c1OCCCCCCCCCC)C(=O)c1cc(OCCCCCCCCCC)c(OCCCCCCCCCC)c(OCCC(C)C)c1C2=O. The molecule has 72 heavy (non-hydrogen) atoms. The first kappa shape index (κ1) is 62.9. The van der Waals surface area contributed by atoms with Crippen LogP contribution in [0.3, 0.4) is 0 Å². The molecular formula is C64H108O8. The van der Waals surface area contributed by atoms with Crippen LogP contribution in [0.25, 0.3) is 0 Å². The molecule has 8 heteroatoms. The van der Waals surface area contributed by atoms with Crippen LogP contribution in [0, 0.1) is 11.8 Å². The fraction of sp³-hybridized carbons (Fsp3) is 0.781. The van der Waals surface area contributed by atoms with Crippen LogP contribution in [0.1, 0.15) is 306 Å². The number of ether oxygens (including phenoxy) is 6. The van der Waals surface area contributed by atoms with Crippen LogP contribution in [-0.2, 0) is 0 Å². The molecule has 0 N–H and O–H groups in total. The first-order valence-corrected chi connectivity index (χ1v) is 30.5. The van der Waals surface area contributed by atoms with Crippen LogP contribution in [0.5, 0.6) is 34.5 Å². The first-order chi connectivity index (χ1) is 35.2. The summed E-state index contributed by atoms with van der Waals surface area (Å²) in [6, 6.07) is 3.51. The number of carbonyl (C=O) groups is 2. The highest BCUT2D eigenvalue weighted by atomic mass is 16.5. The lowest BCUT2D eigenvalue weighted by Gasteiger charge is -2.28. The molecule has 0 atom stereocenters. The lowest BCUT2D eigenvalue weighted by atomic mass is 9.82. The van der Waals surface area contributed by atoms with Crippen LogP contribution in [0.4, 0.5) is 0 Å². The van der Waals surface area contributed by atoms with Gasteiger partial charge in [-0.1, -0.05) is 235 Å².